The first-order valence-electron chi connectivity index (χ1n) is 6.58. The molecule has 0 aliphatic carbocycles. The van der Waals surface area contributed by atoms with Gasteiger partial charge in [0.2, 0.25) is 0 Å². The normalized spacial score (nSPS) is 9.95. The first-order valence-corrected chi connectivity index (χ1v) is 6.58. The third-order valence-corrected chi connectivity index (χ3v) is 3.12. The molecule has 0 radical (unpaired) electrons. The van der Waals surface area contributed by atoms with E-state index in [-0.39, 0.29) is 23.7 Å². The fourth-order valence-electron chi connectivity index (χ4n) is 1.83. The van der Waals surface area contributed by atoms with Gasteiger partial charge in [0.25, 0.3) is 0 Å². The highest BCUT2D eigenvalue weighted by atomic mass is 19.1. The second-order valence-electron chi connectivity index (χ2n) is 4.52. The van der Waals surface area contributed by atoms with Gasteiger partial charge in [0.05, 0.1) is 5.56 Å². The van der Waals surface area contributed by atoms with Crippen molar-refractivity contribution in [1.29, 1.82) is 5.26 Å². The summed E-state index contributed by atoms with van der Waals surface area (Å²) >= 11 is 0. The molecule has 0 unspecified atom stereocenters. The molecule has 2 aromatic rings. The molecule has 0 aliphatic heterocycles. The van der Waals surface area contributed by atoms with E-state index in [9.17, 15) is 9.18 Å². The topological polar surface area (TPSA) is 50.1 Å². The number of nitriles is 1. The maximum absolute atomic E-state index is 13.4. The summed E-state index contributed by atoms with van der Waals surface area (Å²) in [5, 5.41) is 8.63. The van der Waals surface area contributed by atoms with E-state index in [2.05, 4.69) is 0 Å². The average Bonchev–Trinajstić information content (AvgIpc) is 2.52. The second kappa shape index (κ2) is 6.67. The molecule has 2 rings (SSSR count). The number of ether oxygens (including phenoxy) is 1. The van der Waals surface area contributed by atoms with Gasteiger partial charge in [-0.05, 0) is 24.1 Å². The molecule has 3 nitrogen and oxygen atoms in total. The van der Waals surface area contributed by atoms with E-state index in [1.807, 2.05) is 19.1 Å². The molecule has 0 spiro atoms. The van der Waals surface area contributed by atoms with Gasteiger partial charge in [-0.2, -0.15) is 5.26 Å². The second-order valence-corrected chi connectivity index (χ2v) is 4.52. The molecular weight excluding hydrogens is 269 g/mol. The molecule has 0 saturated heterocycles. The molecule has 0 aromatic heterocycles. The van der Waals surface area contributed by atoms with E-state index in [4.69, 9.17) is 10.00 Å². The van der Waals surface area contributed by atoms with Crippen molar-refractivity contribution >= 4 is 5.78 Å². The molecule has 0 amide bonds. The number of aryl methyl sites for hydroxylation is 1. The van der Waals surface area contributed by atoms with E-state index in [0.717, 1.165) is 18.1 Å². The number of hydrogen-bond donors (Lipinski definition) is 0. The Labute approximate surface area is 122 Å². The Balaban J connectivity index is 2.00. The van der Waals surface area contributed by atoms with Gasteiger partial charge < -0.3 is 4.74 Å². The Kier molecular flexibility index (Phi) is 4.68. The Hall–Kier alpha value is -2.67. The summed E-state index contributed by atoms with van der Waals surface area (Å²) in [7, 11) is 0. The van der Waals surface area contributed by atoms with Crippen LogP contribution in [0.4, 0.5) is 4.39 Å². The van der Waals surface area contributed by atoms with Gasteiger partial charge in [-0.1, -0.05) is 31.2 Å². The summed E-state index contributed by atoms with van der Waals surface area (Å²) in [6.07, 6.45) is 0.912. The summed E-state index contributed by atoms with van der Waals surface area (Å²) in [5.41, 5.74) is 1.66. The monoisotopic (exact) mass is 283 g/mol. The largest absolute Gasteiger partial charge is 0.485 e. The molecule has 0 fully saturated rings. The highest BCUT2D eigenvalue weighted by Crippen LogP contribution is 2.16. The molecule has 4 heteroatoms. The Bertz CT molecular complexity index is 687. The van der Waals surface area contributed by atoms with Crippen molar-refractivity contribution in [2.75, 3.05) is 6.61 Å². The van der Waals surface area contributed by atoms with Gasteiger partial charge in [0, 0.05) is 11.6 Å². The van der Waals surface area contributed by atoms with E-state index in [0.29, 0.717) is 5.56 Å². The lowest BCUT2D eigenvalue weighted by molar-refractivity contribution is 0.0921. The lowest BCUT2D eigenvalue weighted by Gasteiger charge is -2.06. The zero-order valence-electron chi connectivity index (χ0n) is 11.6. The summed E-state index contributed by atoms with van der Waals surface area (Å²) in [5.74, 6) is -0.609. The Morgan fingerprint density at radius 1 is 1.24 bits per heavy atom. The molecular formula is C17H14FNO2. The summed E-state index contributed by atoms with van der Waals surface area (Å²) in [4.78, 5) is 12.0. The number of hydrogen-bond acceptors (Lipinski definition) is 3. The van der Waals surface area contributed by atoms with Crippen LogP contribution in [-0.4, -0.2) is 12.4 Å². The standard InChI is InChI=1S/C17H14FNO2/c1-2-12-3-5-13(6-4-12)17(20)11-21-15-8-7-14(10-19)16(18)9-15/h3-9H,2,11H2,1H3. The fraction of sp³-hybridized carbons (Fsp3) is 0.176. The number of halogens is 1. The van der Waals surface area contributed by atoms with Crippen LogP contribution in [0.25, 0.3) is 0 Å². The summed E-state index contributed by atoms with van der Waals surface area (Å²) in [6, 6.07) is 12.9. The van der Waals surface area contributed by atoms with Crippen LogP contribution in [-0.2, 0) is 6.42 Å². The molecule has 21 heavy (non-hydrogen) atoms. The van der Waals surface area contributed by atoms with Gasteiger partial charge in [-0.15, -0.1) is 0 Å². The van der Waals surface area contributed by atoms with Crippen LogP contribution in [0, 0.1) is 17.1 Å². The van der Waals surface area contributed by atoms with Crippen molar-refractivity contribution in [2.45, 2.75) is 13.3 Å². The van der Waals surface area contributed by atoms with Crippen molar-refractivity contribution < 1.29 is 13.9 Å². The van der Waals surface area contributed by atoms with Crippen LogP contribution in [0.15, 0.2) is 42.5 Å². The Morgan fingerprint density at radius 2 is 1.95 bits per heavy atom. The van der Waals surface area contributed by atoms with Crippen LogP contribution >= 0.6 is 0 Å². The lowest BCUT2D eigenvalue weighted by Crippen LogP contribution is -2.11. The lowest BCUT2D eigenvalue weighted by atomic mass is 10.1. The van der Waals surface area contributed by atoms with E-state index in [1.54, 1.807) is 18.2 Å². The van der Waals surface area contributed by atoms with Crippen molar-refractivity contribution in [2.24, 2.45) is 0 Å². The molecule has 106 valence electrons. The van der Waals surface area contributed by atoms with E-state index in [1.165, 1.54) is 12.1 Å². The van der Waals surface area contributed by atoms with Crippen LogP contribution in [0.2, 0.25) is 0 Å². The minimum absolute atomic E-state index is 0.0520. The van der Waals surface area contributed by atoms with Crippen LogP contribution in [0.5, 0.6) is 5.75 Å². The zero-order valence-corrected chi connectivity index (χ0v) is 11.6. The average molecular weight is 283 g/mol. The maximum atomic E-state index is 13.4. The Morgan fingerprint density at radius 3 is 2.52 bits per heavy atom. The number of ketones is 1. The van der Waals surface area contributed by atoms with Gasteiger partial charge in [0.1, 0.15) is 17.6 Å². The molecule has 0 atom stereocenters. The van der Waals surface area contributed by atoms with E-state index >= 15 is 0 Å². The number of carbonyl (C=O) groups excluding carboxylic acids is 1. The van der Waals surface area contributed by atoms with Gasteiger partial charge in [-0.25, -0.2) is 4.39 Å². The maximum Gasteiger partial charge on any atom is 0.200 e. The zero-order chi connectivity index (χ0) is 15.2. The van der Waals surface area contributed by atoms with Gasteiger partial charge in [-0.3, -0.25) is 4.79 Å². The summed E-state index contributed by atoms with van der Waals surface area (Å²) < 4.78 is 18.7. The molecule has 2 aromatic carbocycles. The molecule has 0 heterocycles. The van der Waals surface area contributed by atoms with Crippen LogP contribution in [0.1, 0.15) is 28.4 Å². The van der Waals surface area contributed by atoms with Gasteiger partial charge >= 0.3 is 0 Å². The van der Waals surface area contributed by atoms with Crippen molar-refractivity contribution in [3.63, 3.8) is 0 Å². The minimum Gasteiger partial charge on any atom is -0.485 e. The number of rotatable bonds is 5. The summed E-state index contributed by atoms with van der Waals surface area (Å²) in [6.45, 7) is 1.87. The van der Waals surface area contributed by atoms with Crippen LogP contribution in [0.3, 0.4) is 0 Å². The first-order chi connectivity index (χ1) is 10.1. The number of Topliss-reactive ketones (excluding diaryl/α,β-unsaturated/α-hetero) is 1. The van der Waals surface area contributed by atoms with Crippen molar-refractivity contribution in [3.8, 4) is 11.8 Å². The fourth-order valence-corrected chi connectivity index (χ4v) is 1.83. The van der Waals surface area contributed by atoms with Crippen molar-refractivity contribution in [3.05, 3.63) is 65.0 Å². The predicted octanol–water partition coefficient (Wildman–Crippen LogP) is 3.52. The molecule has 0 aliphatic rings. The molecule has 0 saturated carbocycles. The first kappa shape index (κ1) is 14.7. The third kappa shape index (κ3) is 3.67. The highest BCUT2D eigenvalue weighted by molar-refractivity contribution is 5.97. The number of nitrogens with zero attached hydrogens (tertiary/aromatic N) is 1. The molecule has 0 N–H and O–H groups in total. The number of carbonyl (C=O) groups is 1. The smallest absolute Gasteiger partial charge is 0.200 e. The minimum atomic E-state index is -0.658. The van der Waals surface area contributed by atoms with Crippen molar-refractivity contribution in [1.82, 2.24) is 0 Å². The SMILES string of the molecule is CCc1ccc(C(=O)COc2ccc(C#N)c(F)c2)cc1. The highest BCUT2D eigenvalue weighted by Gasteiger charge is 2.08. The third-order valence-electron chi connectivity index (χ3n) is 3.12. The van der Waals surface area contributed by atoms with E-state index < -0.39 is 5.82 Å². The van der Waals surface area contributed by atoms with Crippen LogP contribution < -0.4 is 4.74 Å². The van der Waals surface area contributed by atoms with Gasteiger partial charge in [0.15, 0.2) is 12.4 Å². The quantitative estimate of drug-likeness (QED) is 0.789. The predicted molar refractivity (Wildman–Crippen MR) is 76.8 cm³/mol. The number of benzene rings is 2. The molecule has 0 bridgehead atoms.